The van der Waals surface area contributed by atoms with E-state index in [2.05, 4.69) is 27.6 Å². The van der Waals surface area contributed by atoms with E-state index in [0.29, 0.717) is 12.8 Å². The summed E-state index contributed by atoms with van der Waals surface area (Å²) < 4.78 is 0. The highest BCUT2D eigenvalue weighted by Gasteiger charge is 2.24. The van der Waals surface area contributed by atoms with Gasteiger partial charge in [-0.05, 0) is 64.1 Å². The number of primary amides is 1. The van der Waals surface area contributed by atoms with E-state index in [1.165, 1.54) is 14.1 Å². The lowest BCUT2D eigenvalue weighted by atomic mass is 10.0. The molecule has 0 saturated carbocycles. The molecular formula is C49H165N21O17. The van der Waals surface area contributed by atoms with Crippen LogP contribution < -0.4 is 125 Å². The Morgan fingerprint density at radius 1 is 0.437 bits per heavy atom. The molecule has 0 heterocycles. The maximum Gasteiger partial charge on any atom is 0.240 e. The van der Waals surface area contributed by atoms with Gasteiger partial charge < -0.3 is 187 Å². The van der Waals surface area contributed by atoms with Crippen LogP contribution in [-0.2, 0) is 78.3 Å². The summed E-state index contributed by atoms with van der Waals surface area (Å²) in [4.78, 5) is 128. The second-order valence-electron chi connectivity index (χ2n) is 7.47. The van der Waals surface area contributed by atoms with E-state index in [-0.39, 0.29) is 188 Å². The molecule has 0 spiro atoms. The van der Waals surface area contributed by atoms with Gasteiger partial charge in [-0.15, -0.1) is 0 Å². The lowest BCUT2D eigenvalue weighted by molar-refractivity contribution is -0.129. The Morgan fingerprint density at radius 2 is 0.609 bits per heavy atom. The number of hydrazine groups is 1. The van der Waals surface area contributed by atoms with Gasteiger partial charge in [-0.25, -0.2) is 5.43 Å². The van der Waals surface area contributed by atoms with Gasteiger partial charge in [-0.3, -0.25) is 15.0 Å². The van der Waals surface area contributed by atoms with Gasteiger partial charge >= 0.3 is 0 Å². The molecule has 0 aliphatic rings. The number of aromatic hydroxyl groups is 1. The first kappa shape index (κ1) is 332. The Kier molecular flexibility index (Phi) is 2100. The van der Waals surface area contributed by atoms with Crippen molar-refractivity contribution in [3.05, 3.63) is 66.2 Å². The summed E-state index contributed by atoms with van der Waals surface area (Å²) in [5.41, 5.74) is 25.7. The number of carbonyl (C=O) groups is 15. The molecule has 38 heteroatoms. The third-order valence-corrected chi connectivity index (χ3v) is 4.04. The summed E-state index contributed by atoms with van der Waals surface area (Å²) in [6.07, 6.45) is 0.896. The molecule has 56 N–H and O–H groups in total. The molecule has 38 nitrogen and oxygen atoms in total. The highest BCUT2D eigenvalue weighted by Crippen LogP contribution is 2.12. The average molecular weight is 1320 g/mol. The third-order valence-electron chi connectivity index (χ3n) is 4.04. The number of amides is 2. The molecule has 2 rings (SSSR count). The monoisotopic (exact) mass is 1320 g/mol. The van der Waals surface area contributed by atoms with Crippen molar-refractivity contribution < 1.29 is 86.8 Å². The highest BCUT2D eigenvalue weighted by atomic mass is 16.3. The zero-order valence-corrected chi connectivity index (χ0v) is 47.6. The molecule has 87 heavy (non-hydrogen) atoms. The molecule has 568 valence electrons. The van der Waals surface area contributed by atoms with Gasteiger partial charge in [0.25, 0.3) is 0 Å². The first-order valence-corrected chi connectivity index (χ1v) is 15.7. The minimum Gasteiger partial charge on any atom is -0.508 e. The average Bonchev–Trinajstić information content (AvgIpc) is 3.39. The fourth-order valence-electron chi connectivity index (χ4n) is 2.63. The number of nitrogens with two attached hydrogens (primary N) is 4. The van der Waals surface area contributed by atoms with E-state index in [0.717, 1.165) is 12.1 Å². The SMILES string of the molecule is C.C.C.C.C.C.C.C.C.C.C=O.C=O.C=O.C=O.C=O.C=O.C=O.C=O.C=O.C=O.C=O.C=O.C=O.CCN.CN.CN.CNN[C@@H](Cc1ccc(O)cc1)C(=O)N[C@@H](CC(C)C)C(N)=O.N.N.N.N.N.N.N.N.N.N.N.N.N.N.O.[HH].[HH].[HH].c1ccccc1. The topological polar surface area (TPSA) is 938 Å². The molecule has 2 atom stereocenters. The molecule has 2 aromatic carbocycles. The Balaban J connectivity index is -0.00000000666. The number of rotatable bonds is 9. The summed E-state index contributed by atoms with van der Waals surface area (Å²) in [6.45, 7) is 32.6. The van der Waals surface area contributed by atoms with Crippen LogP contribution in [-0.4, -0.2) is 150 Å². The number of hydrogen-bond donors (Lipinski definition) is 22. The van der Waals surface area contributed by atoms with E-state index in [4.69, 9.17) is 73.8 Å². The van der Waals surface area contributed by atoms with Crippen molar-refractivity contribution in [2.24, 2.45) is 28.9 Å². The third kappa shape index (κ3) is 468. The van der Waals surface area contributed by atoms with Crippen LogP contribution in [0.25, 0.3) is 0 Å². The van der Waals surface area contributed by atoms with Crippen LogP contribution in [0.5, 0.6) is 5.75 Å². The van der Waals surface area contributed by atoms with Crippen molar-refractivity contribution >= 4 is 100 Å². The quantitative estimate of drug-likeness (QED) is 0.112. The van der Waals surface area contributed by atoms with E-state index in [1.54, 1.807) is 31.3 Å². The molecule has 0 fully saturated rings. The zero-order valence-electron chi connectivity index (χ0n) is 47.6. The van der Waals surface area contributed by atoms with Crippen molar-refractivity contribution in [3.63, 3.8) is 0 Å². The van der Waals surface area contributed by atoms with E-state index < -0.39 is 18.0 Å². The van der Waals surface area contributed by atoms with Crippen molar-refractivity contribution in [2.75, 3.05) is 27.7 Å². The highest BCUT2D eigenvalue weighted by molar-refractivity contribution is 5.89. The summed E-state index contributed by atoms with van der Waals surface area (Å²) in [6, 6.07) is 17.4. The lowest BCUT2D eigenvalue weighted by Gasteiger charge is -2.22. The van der Waals surface area contributed by atoms with Crippen LogP contribution in [0.4, 0.5) is 0 Å². The van der Waals surface area contributed by atoms with E-state index >= 15 is 0 Å². The van der Waals surface area contributed by atoms with Gasteiger partial charge in [-0.1, -0.05) is 144 Å². The van der Waals surface area contributed by atoms with Gasteiger partial charge in [0, 0.05) is 4.28 Å². The second kappa shape index (κ2) is 548. The number of hydrogen-bond acceptors (Lipinski definition) is 35. The molecule has 0 bridgehead atoms. The smallest absolute Gasteiger partial charge is 0.240 e. The molecule has 0 aromatic heterocycles. The summed E-state index contributed by atoms with van der Waals surface area (Å²) in [5, 5.41) is 12.0. The minimum absolute atomic E-state index is 0. The molecule has 0 aliphatic carbocycles. The van der Waals surface area contributed by atoms with Crippen LogP contribution in [0.15, 0.2) is 60.7 Å². The van der Waals surface area contributed by atoms with Crippen molar-refractivity contribution in [1.82, 2.24) is 102 Å². The predicted molar refractivity (Wildman–Crippen MR) is 390 cm³/mol. The molecule has 2 aromatic rings. The number of phenolic OH excluding ortho intramolecular Hbond substituents is 1. The van der Waals surface area contributed by atoms with Gasteiger partial charge in [0.2, 0.25) is 11.8 Å². The normalized spacial score (nSPS) is 5.08. The molecule has 0 aliphatic heterocycles. The molecule has 2 amide bonds. The van der Waals surface area contributed by atoms with E-state index in [1.807, 2.05) is 145 Å². The van der Waals surface area contributed by atoms with Crippen LogP contribution in [0.2, 0.25) is 0 Å². The van der Waals surface area contributed by atoms with Gasteiger partial charge in [0.05, 0.1) is 0 Å². The zero-order chi connectivity index (χ0) is 54.4. The largest absolute Gasteiger partial charge is 0.508 e. The molecule has 0 unspecified atom stereocenters. The summed E-state index contributed by atoms with van der Waals surface area (Å²) >= 11 is 0. The van der Waals surface area contributed by atoms with E-state index in [9.17, 15) is 14.7 Å². The van der Waals surface area contributed by atoms with Gasteiger partial charge in [0.1, 0.15) is 106 Å². The predicted octanol–water partition coefficient (Wildman–Crippen LogP) is 6.98. The standard InChI is InChI=1S/C16H26N4O3.C6H6.C2H7N.2CH5N.13CH2O.10CH4.14H3N.H2O.3H2/c1-10(2)8-13(15(17)22)19-16(23)14(20-18-3)9-11-4-6-12(21)7-5-11;1-2-4-6-5-3-1;1-2-3;15*1-2;;;;;;;;;;;;;;;;;;;;;;;;;;;;/h4-7,10,13-14,18,20-21H,8-9H2,1-3H3,(H2,17,22)(H,19,23);1-6H;2-3H2,1H3;2*2H2,1H3;13*1H2;10*1H4;14*1H3;1H2;3*1H/t13-,14-;;;;;;;;;;;;;;;;;;;;;;;;;;;;;;;;;;;;;;;;;;;;;/m0............................................./s1. The maximum absolute atomic E-state index is 12.4. The van der Waals surface area contributed by atoms with Crippen LogP contribution >= 0.6 is 0 Å². The van der Waals surface area contributed by atoms with Crippen molar-refractivity contribution in [3.8, 4) is 5.75 Å². The fraction of sp³-hybridized carbons (Fsp3) is 0.449. The maximum atomic E-state index is 12.4. The summed E-state index contributed by atoms with van der Waals surface area (Å²) in [7, 11) is 4.66. The van der Waals surface area contributed by atoms with Crippen LogP contribution in [0.1, 0.15) is 111 Å². The number of benzene rings is 2. The summed E-state index contributed by atoms with van der Waals surface area (Å²) in [5.74, 6) is -0.445. The van der Waals surface area contributed by atoms with Gasteiger partial charge in [-0.2, -0.15) is 0 Å². The fourth-order valence-corrected chi connectivity index (χ4v) is 2.63. The second-order valence-corrected chi connectivity index (χ2v) is 7.47. The Labute approximate surface area is 536 Å². The first-order chi connectivity index (χ1) is 30.2. The van der Waals surface area contributed by atoms with Crippen molar-refractivity contribution in [1.29, 1.82) is 0 Å². The lowest BCUT2D eigenvalue weighted by Crippen LogP contribution is -2.55. The molecule has 0 saturated heterocycles. The molecule has 0 radical (unpaired) electrons. The van der Waals surface area contributed by atoms with Crippen LogP contribution in [0.3, 0.4) is 0 Å². The number of carbonyl (C=O) groups excluding carboxylic acids is 15. The van der Waals surface area contributed by atoms with Crippen LogP contribution in [0, 0.1) is 5.92 Å². The Bertz CT molecular complexity index is 971. The Morgan fingerprint density at radius 3 is 0.747 bits per heavy atom. The van der Waals surface area contributed by atoms with Gasteiger partial charge in [0.15, 0.2) is 0 Å². The first-order valence-electron chi connectivity index (χ1n) is 15.7. The number of phenols is 1. The minimum atomic E-state index is -0.691. The van der Waals surface area contributed by atoms with Crippen molar-refractivity contribution in [2.45, 2.75) is 120 Å². The number of nitrogens with one attached hydrogen (secondary N) is 3. The molecular weight excluding hydrogens is 1150 g/mol. The Hall–Kier alpha value is -7.91.